The van der Waals surface area contributed by atoms with Gasteiger partial charge in [-0.15, -0.1) is 0 Å². The summed E-state index contributed by atoms with van der Waals surface area (Å²) in [5.74, 6) is 1.06. The highest BCUT2D eigenvalue weighted by Gasteiger charge is 2.28. The average molecular weight is 476 g/mol. The summed E-state index contributed by atoms with van der Waals surface area (Å²) in [7, 11) is 0. The van der Waals surface area contributed by atoms with Crippen molar-refractivity contribution in [2.75, 3.05) is 18.4 Å². The Morgan fingerprint density at radius 3 is 2.59 bits per heavy atom. The number of hydrogen-bond donors (Lipinski definition) is 2. The molecule has 9 heteroatoms. The van der Waals surface area contributed by atoms with Crippen LogP contribution in [0.25, 0.3) is 10.2 Å². The predicted octanol–water partition coefficient (Wildman–Crippen LogP) is 4.71. The Hall–Kier alpha value is -3.56. The van der Waals surface area contributed by atoms with Gasteiger partial charge in [0.1, 0.15) is 17.5 Å². The second kappa shape index (κ2) is 9.74. The van der Waals surface area contributed by atoms with Gasteiger partial charge in [0.05, 0.1) is 10.2 Å². The maximum absolute atomic E-state index is 12.1. The Bertz CT molecular complexity index is 1250. The summed E-state index contributed by atoms with van der Waals surface area (Å²) < 4.78 is 7.23. The van der Waals surface area contributed by atoms with Crippen molar-refractivity contribution < 1.29 is 14.6 Å². The van der Waals surface area contributed by atoms with Crippen LogP contribution in [0.2, 0.25) is 0 Å². The Morgan fingerprint density at radius 2 is 1.85 bits per heavy atom. The number of carbonyl (C=O) groups is 1. The van der Waals surface area contributed by atoms with E-state index in [1.54, 1.807) is 28.6 Å². The van der Waals surface area contributed by atoms with Crippen LogP contribution >= 0.6 is 11.3 Å². The van der Waals surface area contributed by atoms with E-state index < -0.39 is 6.10 Å². The number of nitrogens with zero attached hydrogens (tertiary/aromatic N) is 4. The predicted molar refractivity (Wildman–Crippen MR) is 132 cm³/mol. The number of carbonyl (C=O) groups excluding carboxylic acids is 1. The number of fused-ring (bicyclic) bond motifs is 1. The largest absolute Gasteiger partial charge is 0.437 e. The zero-order valence-electron chi connectivity index (χ0n) is 18.7. The van der Waals surface area contributed by atoms with Crippen molar-refractivity contribution in [2.24, 2.45) is 0 Å². The van der Waals surface area contributed by atoms with Gasteiger partial charge in [0.2, 0.25) is 5.88 Å². The molecule has 4 aromatic rings. The molecule has 1 unspecified atom stereocenters. The first-order valence-electron chi connectivity index (χ1n) is 11.2. The molecule has 34 heavy (non-hydrogen) atoms. The van der Waals surface area contributed by atoms with E-state index in [2.05, 4.69) is 26.3 Å². The molecule has 2 aromatic carbocycles. The van der Waals surface area contributed by atoms with E-state index in [-0.39, 0.29) is 11.8 Å². The summed E-state index contributed by atoms with van der Waals surface area (Å²) in [4.78, 5) is 27.3. The first-order chi connectivity index (χ1) is 16.6. The smallest absolute Gasteiger partial charge is 0.251 e. The minimum absolute atomic E-state index is 0.140. The maximum Gasteiger partial charge on any atom is 0.251 e. The highest BCUT2D eigenvalue weighted by molar-refractivity contribution is 7.22. The normalized spacial score (nSPS) is 15.3. The molecule has 5 rings (SSSR count). The van der Waals surface area contributed by atoms with Crippen LogP contribution in [0.3, 0.4) is 0 Å². The van der Waals surface area contributed by atoms with E-state index in [0.29, 0.717) is 24.7 Å². The summed E-state index contributed by atoms with van der Waals surface area (Å²) in [6.07, 6.45) is 3.81. The van der Waals surface area contributed by atoms with Crippen molar-refractivity contribution in [3.05, 3.63) is 66.6 Å². The molecule has 0 aliphatic carbocycles. The summed E-state index contributed by atoms with van der Waals surface area (Å²) in [6, 6.07) is 15.7. The first kappa shape index (κ1) is 22.2. The SMILES string of the molecule is CC(O)C(=O)N1CCC(c2nccnc2Oc2ccc(Nc3nc4ccccc4s3)cc2)CC1. The number of likely N-dealkylation sites (tertiary alicyclic amines) is 1. The van der Waals surface area contributed by atoms with Crippen LogP contribution in [0, 0.1) is 0 Å². The molecule has 1 aliphatic rings. The number of anilines is 2. The molecule has 2 N–H and O–H groups in total. The molecule has 174 valence electrons. The van der Waals surface area contributed by atoms with E-state index in [9.17, 15) is 9.90 Å². The summed E-state index contributed by atoms with van der Waals surface area (Å²) in [5.41, 5.74) is 2.69. The van der Waals surface area contributed by atoms with Crippen molar-refractivity contribution >= 4 is 38.3 Å². The second-order valence-corrected chi connectivity index (χ2v) is 9.29. The molecule has 3 heterocycles. The van der Waals surface area contributed by atoms with Crippen molar-refractivity contribution in [1.82, 2.24) is 19.9 Å². The number of aliphatic hydroxyl groups excluding tert-OH is 1. The topological polar surface area (TPSA) is 100 Å². The molecule has 0 radical (unpaired) electrons. The van der Waals surface area contributed by atoms with Gasteiger partial charge in [-0.25, -0.2) is 9.97 Å². The van der Waals surface area contributed by atoms with Gasteiger partial charge in [-0.3, -0.25) is 9.78 Å². The van der Waals surface area contributed by atoms with Gasteiger partial charge in [0.25, 0.3) is 5.91 Å². The molecule has 1 atom stereocenters. The third-order valence-corrected chi connectivity index (χ3v) is 6.81. The molecular weight excluding hydrogens is 450 g/mol. The number of aromatic nitrogens is 3. The number of benzene rings is 2. The zero-order chi connectivity index (χ0) is 23.5. The highest BCUT2D eigenvalue weighted by atomic mass is 32.1. The summed E-state index contributed by atoms with van der Waals surface area (Å²) >= 11 is 1.61. The molecule has 2 aromatic heterocycles. The van der Waals surface area contributed by atoms with Crippen LogP contribution in [-0.2, 0) is 4.79 Å². The zero-order valence-corrected chi connectivity index (χ0v) is 19.5. The Kier molecular flexibility index (Phi) is 6.37. The Morgan fingerprint density at radius 1 is 1.12 bits per heavy atom. The highest BCUT2D eigenvalue weighted by Crippen LogP contribution is 2.34. The van der Waals surface area contributed by atoms with Gasteiger partial charge in [0.15, 0.2) is 5.13 Å². The third kappa shape index (κ3) is 4.85. The van der Waals surface area contributed by atoms with Gasteiger partial charge in [-0.1, -0.05) is 23.5 Å². The van der Waals surface area contributed by atoms with Crippen LogP contribution in [-0.4, -0.2) is 50.1 Å². The quantitative estimate of drug-likeness (QED) is 0.417. The standard InChI is InChI=1S/C25H25N5O3S/c1-16(31)24(32)30-14-10-17(11-15-30)22-23(27-13-12-26-22)33-19-8-6-18(7-9-19)28-25-29-20-4-2-3-5-21(20)34-25/h2-9,12-13,16-17,31H,10-11,14-15H2,1H3,(H,28,29). The van der Waals surface area contributed by atoms with Gasteiger partial charge in [0, 0.05) is 37.1 Å². The van der Waals surface area contributed by atoms with E-state index in [1.807, 2.05) is 42.5 Å². The van der Waals surface area contributed by atoms with Crippen molar-refractivity contribution in [3.63, 3.8) is 0 Å². The average Bonchev–Trinajstić information content (AvgIpc) is 3.27. The fraction of sp³-hybridized carbons (Fsp3) is 0.280. The lowest BCUT2D eigenvalue weighted by Crippen LogP contribution is -2.42. The molecule has 1 amide bonds. The second-order valence-electron chi connectivity index (χ2n) is 8.26. The van der Waals surface area contributed by atoms with Gasteiger partial charge in [-0.2, -0.15) is 0 Å². The number of rotatable bonds is 6. The van der Waals surface area contributed by atoms with Gasteiger partial charge in [-0.05, 0) is 56.2 Å². The first-order valence-corrected chi connectivity index (χ1v) is 12.1. The number of nitrogens with one attached hydrogen (secondary N) is 1. The molecule has 1 saturated heterocycles. The lowest BCUT2D eigenvalue weighted by Gasteiger charge is -2.32. The number of amides is 1. The monoisotopic (exact) mass is 475 g/mol. The van der Waals surface area contributed by atoms with Crippen LogP contribution in [0.5, 0.6) is 11.6 Å². The van der Waals surface area contributed by atoms with Crippen LogP contribution < -0.4 is 10.1 Å². The lowest BCUT2D eigenvalue weighted by molar-refractivity contribution is -0.140. The summed E-state index contributed by atoms with van der Waals surface area (Å²) in [6.45, 7) is 2.66. The van der Waals surface area contributed by atoms with E-state index in [0.717, 1.165) is 39.6 Å². The van der Waals surface area contributed by atoms with Crippen LogP contribution in [0.1, 0.15) is 31.4 Å². The van der Waals surface area contributed by atoms with Crippen LogP contribution in [0.15, 0.2) is 60.9 Å². The van der Waals surface area contributed by atoms with Crippen molar-refractivity contribution in [2.45, 2.75) is 31.8 Å². The lowest BCUT2D eigenvalue weighted by atomic mass is 9.93. The number of piperidine rings is 1. The van der Waals surface area contributed by atoms with Crippen molar-refractivity contribution in [3.8, 4) is 11.6 Å². The molecule has 0 saturated carbocycles. The molecule has 8 nitrogen and oxygen atoms in total. The number of thiazole rings is 1. The molecular formula is C25H25N5O3S. The minimum atomic E-state index is -0.973. The maximum atomic E-state index is 12.1. The fourth-order valence-corrected chi connectivity index (χ4v) is 4.99. The van der Waals surface area contributed by atoms with Crippen molar-refractivity contribution in [1.29, 1.82) is 0 Å². The van der Waals surface area contributed by atoms with E-state index in [4.69, 9.17) is 4.74 Å². The molecule has 0 spiro atoms. The minimum Gasteiger partial charge on any atom is -0.437 e. The number of aliphatic hydroxyl groups is 1. The molecule has 1 aliphatic heterocycles. The number of para-hydroxylation sites is 1. The van der Waals surface area contributed by atoms with Gasteiger partial charge < -0.3 is 20.1 Å². The summed E-state index contributed by atoms with van der Waals surface area (Å²) in [5, 5.41) is 13.7. The molecule has 0 bridgehead atoms. The fourth-order valence-electron chi connectivity index (χ4n) is 4.10. The third-order valence-electron chi connectivity index (χ3n) is 5.86. The van der Waals surface area contributed by atoms with Crippen LogP contribution in [0.4, 0.5) is 10.8 Å². The Balaban J connectivity index is 1.25. The van der Waals surface area contributed by atoms with E-state index >= 15 is 0 Å². The number of ether oxygens (including phenoxy) is 1. The molecule has 1 fully saturated rings. The number of hydrogen-bond acceptors (Lipinski definition) is 8. The van der Waals surface area contributed by atoms with Gasteiger partial charge >= 0.3 is 0 Å². The van der Waals surface area contributed by atoms with E-state index in [1.165, 1.54) is 6.92 Å². The Labute approximate surface area is 201 Å².